The summed E-state index contributed by atoms with van der Waals surface area (Å²) in [6, 6.07) is 0.968. The third kappa shape index (κ3) is 3.61. The van der Waals surface area contributed by atoms with E-state index in [4.69, 9.17) is 14.5 Å². The number of phosphoric ester groups is 1. The van der Waals surface area contributed by atoms with E-state index in [2.05, 4.69) is 13.8 Å². The van der Waals surface area contributed by atoms with Gasteiger partial charge in [0.1, 0.15) is 17.3 Å². The number of aromatic amines is 2. The summed E-state index contributed by atoms with van der Waals surface area (Å²) in [6.07, 6.45) is -2.39. The Morgan fingerprint density at radius 3 is 2.33 bits per heavy atom. The van der Waals surface area contributed by atoms with Crippen LogP contribution in [-0.2, 0) is 22.7 Å². The van der Waals surface area contributed by atoms with E-state index in [1.807, 2.05) is 4.98 Å². The fraction of sp³-hybridized carbons (Fsp3) is 0.636. The Hall–Kier alpha value is -1.18. The van der Waals surface area contributed by atoms with Crippen molar-refractivity contribution in [2.45, 2.75) is 30.3 Å². The molecule has 1 aliphatic carbocycles. The largest absolute Gasteiger partial charge is 0.481 e. The number of fused-ring (bicyclic) bond motifs is 1. The van der Waals surface area contributed by atoms with Crippen molar-refractivity contribution < 1.29 is 47.6 Å². The summed E-state index contributed by atoms with van der Waals surface area (Å²) in [5.74, 6) is -1.04. The van der Waals surface area contributed by atoms with Crippen LogP contribution in [0.4, 0.5) is 0 Å². The molecule has 3 rings (SSSR count). The Kier molecular flexibility index (Phi) is 4.69. The maximum atomic E-state index is 11.5. The first-order chi connectivity index (χ1) is 12.2. The van der Waals surface area contributed by atoms with E-state index in [0.717, 1.165) is 6.07 Å². The maximum absolute atomic E-state index is 11.5. The molecule has 2 heterocycles. The van der Waals surface area contributed by atoms with Crippen LogP contribution < -0.4 is 11.2 Å². The number of hydrogen-bond acceptors (Lipinski definition) is 9. The molecule has 0 bridgehead atoms. The van der Waals surface area contributed by atoms with Gasteiger partial charge in [0.2, 0.25) is 0 Å². The van der Waals surface area contributed by atoms with Crippen LogP contribution in [0.2, 0.25) is 0 Å². The predicted octanol–water partition coefficient (Wildman–Crippen LogP) is -2.16. The van der Waals surface area contributed by atoms with Crippen molar-refractivity contribution >= 4 is 15.6 Å². The molecule has 1 unspecified atom stereocenters. The topological polar surface area (TPSA) is 229 Å². The summed E-state index contributed by atoms with van der Waals surface area (Å²) >= 11 is 0. The predicted molar refractivity (Wildman–Crippen MR) is 83.3 cm³/mol. The fourth-order valence-electron chi connectivity index (χ4n) is 3.31. The molecule has 1 saturated carbocycles. The lowest BCUT2D eigenvalue weighted by molar-refractivity contribution is -0.126. The molecule has 0 aromatic carbocycles. The molecular weight excluding hydrogens is 414 g/mol. The van der Waals surface area contributed by atoms with Crippen molar-refractivity contribution in [3.63, 3.8) is 0 Å². The molecule has 27 heavy (non-hydrogen) atoms. The van der Waals surface area contributed by atoms with E-state index < -0.39 is 62.8 Å². The number of nitrogens with one attached hydrogen (secondary N) is 2. The van der Waals surface area contributed by atoms with Gasteiger partial charge in [0.25, 0.3) is 5.56 Å². The molecule has 7 N–H and O–H groups in total. The maximum Gasteiger partial charge on any atom is 0.481 e. The zero-order valence-corrected chi connectivity index (χ0v) is 15.3. The Bertz CT molecular complexity index is 936. The second-order valence-electron chi connectivity index (χ2n) is 6.40. The average Bonchev–Trinajstić information content (AvgIpc) is 2.97. The van der Waals surface area contributed by atoms with Crippen LogP contribution in [0.25, 0.3) is 0 Å². The summed E-state index contributed by atoms with van der Waals surface area (Å²) < 4.78 is 35.6. The fourth-order valence-corrected chi connectivity index (χ4v) is 4.93. The number of aliphatic hydroxyl groups is 2. The molecule has 0 spiro atoms. The van der Waals surface area contributed by atoms with Crippen molar-refractivity contribution in [1.82, 2.24) is 9.97 Å². The van der Waals surface area contributed by atoms with Crippen LogP contribution in [0.1, 0.15) is 18.7 Å². The first kappa shape index (κ1) is 20.6. The first-order valence-corrected chi connectivity index (χ1v) is 10.4. The third-order valence-corrected chi connectivity index (χ3v) is 6.70. The van der Waals surface area contributed by atoms with Crippen molar-refractivity contribution in [2.24, 2.45) is 5.92 Å². The van der Waals surface area contributed by atoms with Gasteiger partial charge in [-0.25, -0.2) is 13.9 Å². The van der Waals surface area contributed by atoms with E-state index in [9.17, 15) is 33.8 Å². The Morgan fingerprint density at radius 2 is 1.85 bits per heavy atom. The highest BCUT2D eigenvalue weighted by Gasteiger charge is 2.81. The zero-order valence-electron chi connectivity index (χ0n) is 13.5. The summed E-state index contributed by atoms with van der Waals surface area (Å²) in [7, 11) is -10.4. The van der Waals surface area contributed by atoms with Crippen LogP contribution >= 0.6 is 15.6 Å². The van der Waals surface area contributed by atoms with E-state index >= 15 is 0 Å². The molecule has 1 saturated heterocycles. The number of phosphoric acid groups is 2. The smallest absolute Gasteiger partial charge is 0.384 e. The van der Waals surface area contributed by atoms with Gasteiger partial charge in [-0.2, -0.15) is 4.31 Å². The number of aromatic nitrogens is 2. The van der Waals surface area contributed by atoms with Crippen molar-refractivity contribution in [1.29, 1.82) is 0 Å². The van der Waals surface area contributed by atoms with Gasteiger partial charge in [0.05, 0.1) is 18.4 Å². The Labute approximate surface area is 149 Å². The van der Waals surface area contributed by atoms with Crippen LogP contribution in [0.3, 0.4) is 0 Å². The molecular formula is C11H16N2O12P2. The normalized spacial score (nSPS) is 37.6. The molecule has 1 aromatic heterocycles. The van der Waals surface area contributed by atoms with E-state index in [-0.39, 0.29) is 5.69 Å². The van der Waals surface area contributed by atoms with Crippen LogP contribution in [0, 0.1) is 5.92 Å². The Balaban J connectivity index is 1.74. The minimum Gasteiger partial charge on any atom is -0.384 e. The second-order valence-corrected chi connectivity index (χ2v) is 9.23. The minimum absolute atomic E-state index is 0.0910. The van der Waals surface area contributed by atoms with Gasteiger partial charge in [-0.3, -0.25) is 14.3 Å². The van der Waals surface area contributed by atoms with Crippen LogP contribution in [0.5, 0.6) is 0 Å². The average molecular weight is 430 g/mol. The molecule has 1 aliphatic heterocycles. The van der Waals surface area contributed by atoms with Gasteiger partial charge in [0, 0.05) is 12.0 Å². The summed E-state index contributed by atoms with van der Waals surface area (Å²) in [6.45, 7) is 0.436. The van der Waals surface area contributed by atoms with Gasteiger partial charge < -0.3 is 34.6 Å². The highest BCUT2D eigenvalue weighted by Crippen LogP contribution is 2.66. The SMILES string of the molecule is C[C@]1(O)[C@H](c2cc(=O)[nH]c(=O)[nH]2)O[C@@H]2[C@H](COP(=O)(O)OP(=O)(O)O)[C@@]21O. The second kappa shape index (κ2) is 6.16. The van der Waals surface area contributed by atoms with Gasteiger partial charge >= 0.3 is 21.3 Å². The molecule has 152 valence electrons. The lowest BCUT2D eigenvalue weighted by Crippen LogP contribution is -2.47. The van der Waals surface area contributed by atoms with Crippen molar-refractivity contribution in [3.8, 4) is 0 Å². The summed E-state index contributed by atoms with van der Waals surface area (Å²) in [4.78, 5) is 53.3. The molecule has 6 atom stereocenters. The summed E-state index contributed by atoms with van der Waals surface area (Å²) in [5, 5.41) is 21.4. The highest BCUT2D eigenvalue weighted by molar-refractivity contribution is 7.60. The minimum atomic E-state index is -5.30. The van der Waals surface area contributed by atoms with Gasteiger partial charge in [-0.1, -0.05) is 0 Å². The third-order valence-electron chi connectivity index (χ3n) is 4.55. The van der Waals surface area contributed by atoms with Crippen molar-refractivity contribution in [2.75, 3.05) is 6.61 Å². The molecule has 0 amide bonds. The molecule has 16 heteroatoms. The number of rotatable bonds is 6. The van der Waals surface area contributed by atoms with Gasteiger partial charge in [0.15, 0.2) is 0 Å². The van der Waals surface area contributed by atoms with E-state index in [1.54, 1.807) is 0 Å². The lowest BCUT2D eigenvalue weighted by Gasteiger charge is -2.32. The number of ether oxygens (including phenoxy) is 1. The van der Waals surface area contributed by atoms with Crippen LogP contribution in [0.15, 0.2) is 15.7 Å². The number of H-pyrrole nitrogens is 2. The molecule has 2 fully saturated rings. The first-order valence-electron chi connectivity index (χ1n) is 7.35. The van der Waals surface area contributed by atoms with E-state index in [1.165, 1.54) is 6.92 Å². The zero-order chi connectivity index (χ0) is 20.4. The Morgan fingerprint density at radius 1 is 1.22 bits per heavy atom. The lowest BCUT2D eigenvalue weighted by atomic mass is 9.88. The number of hydrogen-bond donors (Lipinski definition) is 7. The molecule has 2 aliphatic rings. The molecule has 14 nitrogen and oxygen atoms in total. The monoisotopic (exact) mass is 430 g/mol. The van der Waals surface area contributed by atoms with Crippen molar-refractivity contribution in [3.05, 3.63) is 32.6 Å². The standard InChI is InChI=1S/C11H16N2O12P2/c1-10(16)8(5-2-6(14)13-9(15)12-5)24-7-4(11(7,10)17)3-23-27(21,22)25-26(18,19)20/h2,4,7-8,16-17H,3H2,1H3,(H,21,22)(H2,18,19,20)(H2,12,13,14,15)/t4-,7+,8-,10-,11+/m0/s1. The summed E-state index contributed by atoms with van der Waals surface area (Å²) in [5.41, 5.74) is -5.70. The molecule has 0 radical (unpaired) electrons. The molecule has 1 aromatic rings. The van der Waals surface area contributed by atoms with E-state index in [0.29, 0.717) is 0 Å². The quantitative estimate of drug-likeness (QED) is 0.239. The van der Waals surface area contributed by atoms with Gasteiger partial charge in [-0.15, -0.1) is 0 Å². The van der Waals surface area contributed by atoms with Crippen LogP contribution in [-0.4, -0.2) is 58.8 Å². The highest BCUT2D eigenvalue weighted by atomic mass is 31.3. The van der Waals surface area contributed by atoms with Gasteiger partial charge in [-0.05, 0) is 6.92 Å².